The fraction of sp³-hybridized carbons (Fsp3) is 0.692. The Kier molecular flexibility index (Phi) is 4.23. The highest BCUT2D eigenvalue weighted by Crippen LogP contribution is 2.31. The number of aromatic nitrogens is 2. The van der Waals surface area contributed by atoms with Crippen LogP contribution in [0, 0.1) is 0 Å². The van der Waals surface area contributed by atoms with Crippen LogP contribution in [0.15, 0.2) is 0 Å². The predicted molar refractivity (Wildman–Crippen MR) is 72.9 cm³/mol. The molecule has 0 aliphatic heterocycles. The Labute approximate surface area is 108 Å². The second-order valence-corrected chi connectivity index (χ2v) is 4.72. The number of nitrogens with two attached hydrogens (primary N) is 1. The highest BCUT2D eigenvalue weighted by Gasteiger charge is 2.24. The zero-order valence-electron chi connectivity index (χ0n) is 11.2. The van der Waals surface area contributed by atoms with Gasteiger partial charge >= 0.3 is 0 Å². The van der Waals surface area contributed by atoms with Gasteiger partial charge < -0.3 is 15.8 Å². The summed E-state index contributed by atoms with van der Waals surface area (Å²) in [7, 11) is 0. The summed E-state index contributed by atoms with van der Waals surface area (Å²) < 4.78 is 5.60. The van der Waals surface area contributed by atoms with Crippen molar-refractivity contribution in [1.29, 1.82) is 0 Å². The minimum Gasteiger partial charge on any atom is -0.476 e. The summed E-state index contributed by atoms with van der Waals surface area (Å²) in [5.41, 5.74) is 6.59. The summed E-state index contributed by atoms with van der Waals surface area (Å²) in [5, 5.41) is 3.34. The van der Waals surface area contributed by atoms with Crippen molar-refractivity contribution < 1.29 is 4.74 Å². The number of rotatable bonds is 7. The molecule has 0 bridgehead atoms. The Balaban J connectivity index is 2.21. The van der Waals surface area contributed by atoms with Gasteiger partial charge in [-0.3, -0.25) is 0 Å². The second-order valence-electron chi connectivity index (χ2n) is 4.72. The van der Waals surface area contributed by atoms with E-state index in [2.05, 4.69) is 29.1 Å². The molecule has 0 spiro atoms. The van der Waals surface area contributed by atoms with Gasteiger partial charge in [-0.05, 0) is 25.7 Å². The first-order valence-corrected chi connectivity index (χ1v) is 6.80. The summed E-state index contributed by atoms with van der Waals surface area (Å²) in [5.74, 6) is 2.07. The first kappa shape index (κ1) is 12.9. The maximum Gasteiger partial charge on any atom is 0.242 e. The van der Waals surface area contributed by atoms with E-state index in [1.807, 2.05) is 0 Å². The van der Waals surface area contributed by atoms with Gasteiger partial charge in [0.05, 0.1) is 6.61 Å². The maximum atomic E-state index is 6.05. The molecule has 1 aliphatic carbocycles. The van der Waals surface area contributed by atoms with Gasteiger partial charge in [0.15, 0.2) is 5.82 Å². The van der Waals surface area contributed by atoms with Crippen LogP contribution in [0.4, 0.5) is 11.5 Å². The molecule has 1 fully saturated rings. The molecule has 1 heterocycles. The van der Waals surface area contributed by atoms with Crippen LogP contribution in [-0.2, 0) is 6.42 Å². The summed E-state index contributed by atoms with van der Waals surface area (Å²) >= 11 is 0. The van der Waals surface area contributed by atoms with E-state index in [1.54, 1.807) is 0 Å². The van der Waals surface area contributed by atoms with E-state index < -0.39 is 0 Å². The van der Waals surface area contributed by atoms with Gasteiger partial charge in [-0.25, -0.2) is 4.98 Å². The molecule has 18 heavy (non-hydrogen) atoms. The lowest BCUT2D eigenvalue weighted by atomic mass is 10.3. The fourth-order valence-electron chi connectivity index (χ4n) is 1.67. The van der Waals surface area contributed by atoms with Gasteiger partial charge in [-0.1, -0.05) is 13.8 Å². The average molecular weight is 250 g/mol. The lowest BCUT2D eigenvalue weighted by Gasteiger charge is -2.13. The fourth-order valence-corrected chi connectivity index (χ4v) is 1.67. The molecule has 1 aromatic heterocycles. The van der Waals surface area contributed by atoms with Crippen molar-refractivity contribution in [3.8, 4) is 5.88 Å². The van der Waals surface area contributed by atoms with E-state index in [0.717, 1.165) is 30.9 Å². The quantitative estimate of drug-likeness (QED) is 0.777. The first-order valence-electron chi connectivity index (χ1n) is 6.80. The number of ether oxygens (including phenoxy) is 1. The summed E-state index contributed by atoms with van der Waals surface area (Å²) in [6, 6.07) is 0.524. The molecule has 2 rings (SSSR count). The first-order chi connectivity index (χ1) is 8.74. The number of hydrogen-bond acceptors (Lipinski definition) is 5. The number of anilines is 2. The molecule has 0 radical (unpaired) electrons. The molecule has 3 N–H and O–H groups in total. The number of hydrogen-bond donors (Lipinski definition) is 2. The monoisotopic (exact) mass is 250 g/mol. The SMILES string of the molecule is CCCOc1nc(CCC)nc(NC2CC2)c1N. The average Bonchev–Trinajstić information content (AvgIpc) is 3.15. The Morgan fingerprint density at radius 1 is 1.28 bits per heavy atom. The zero-order valence-corrected chi connectivity index (χ0v) is 11.2. The van der Waals surface area contributed by atoms with Crippen LogP contribution in [0.2, 0.25) is 0 Å². The Hall–Kier alpha value is -1.52. The molecule has 1 aromatic rings. The third-order valence-electron chi connectivity index (χ3n) is 2.79. The standard InChI is InChI=1S/C13H22N4O/c1-3-5-10-16-12(15-9-6-7-9)11(14)13(17-10)18-8-4-2/h9H,3-8,14H2,1-2H3,(H,15,16,17). The van der Waals surface area contributed by atoms with Gasteiger partial charge in [0, 0.05) is 12.5 Å². The van der Waals surface area contributed by atoms with Gasteiger partial charge in [-0.2, -0.15) is 4.98 Å². The molecular weight excluding hydrogens is 228 g/mol. The molecule has 0 saturated heterocycles. The summed E-state index contributed by atoms with van der Waals surface area (Å²) in [6.07, 6.45) is 5.19. The van der Waals surface area contributed by atoms with Crippen molar-refractivity contribution in [3.63, 3.8) is 0 Å². The van der Waals surface area contributed by atoms with E-state index in [4.69, 9.17) is 10.5 Å². The van der Waals surface area contributed by atoms with Crippen molar-refractivity contribution in [3.05, 3.63) is 5.82 Å². The molecule has 1 aliphatic rings. The van der Waals surface area contributed by atoms with Crippen molar-refractivity contribution >= 4 is 11.5 Å². The van der Waals surface area contributed by atoms with Crippen LogP contribution in [0.1, 0.15) is 45.4 Å². The molecule has 0 aromatic carbocycles. The number of nitrogens with one attached hydrogen (secondary N) is 1. The van der Waals surface area contributed by atoms with Gasteiger partial charge in [0.2, 0.25) is 5.88 Å². The molecule has 0 amide bonds. The Bertz CT molecular complexity index is 404. The normalized spacial score (nSPS) is 14.6. The topological polar surface area (TPSA) is 73.1 Å². The number of nitrogens with zero attached hydrogens (tertiary/aromatic N) is 2. The summed E-state index contributed by atoms with van der Waals surface area (Å²) in [6.45, 7) is 4.81. The third-order valence-corrected chi connectivity index (χ3v) is 2.79. The minimum atomic E-state index is 0.524. The van der Waals surface area contributed by atoms with Gasteiger partial charge in [0.25, 0.3) is 0 Å². The number of aryl methyl sites for hydroxylation is 1. The highest BCUT2D eigenvalue weighted by molar-refractivity contribution is 5.67. The van der Waals surface area contributed by atoms with E-state index in [9.17, 15) is 0 Å². The third kappa shape index (κ3) is 3.24. The van der Waals surface area contributed by atoms with Crippen molar-refractivity contribution in [2.24, 2.45) is 0 Å². The van der Waals surface area contributed by atoms with E-state index >= 15 is 0 Å². The van der Waals surface area contributed by atoms with Crippen molar-refractivity contribution in [1.82, 2.24) is 9.97 Å². The Morgan fingerprint density at radius 3 is 2.67 bits per heavy atom. The summed E-state index contributed by atoms with van der Waals surface area (Å²) in [4.78, 5) is 8.87. The van der Waals surface area contributed by atoms with Crippen LogP contribution < -0.4 is 15.8 Å². The second kappa shape index (κ2) is 5.89. The van der Waals surface area contributed by atoms with Crippen LogP contribution in [0.5, 0.6) is 5.88 Å². The van der Waals surface area contributed by atoms with Crippen molar-refractivity contribution in [2.45, 2.75) is 52.0 Å². The minimum absolute atomic E-state index is 0.524. The zero-order chi connectivity index (χ0) is 13.0. The van der Waals surface area contributed by atoms with E-state index in [0.29, 0.717) is 24.2 Å². The lowest BCUT2D eigenvalue weighted by Crippen LogP contribution is -2.12. The van der Waals surface area contributed by atoms with Crippen LogP contribution in [0.25, 0.3) is 0 Å². The molecule has 100 valence electrons. The molecule has 0 atom stereocenters. The molecule has 1 saturated carbocycles. The molecule has 0 unspecified atom stereocenters. The Morgan fingerprint density at radius 2 is 2.06 bits per heavy atom. The largest absolute Gasteiger partial charge is 0.476 e. The molecule has 5 nitrogen and oxygen atoms in total. The van der Waals surface area contributed by atoms with Crippen LogP contribution in [-0.4, -0.2) is 22.6 Å². The molecule has 5 heteroatoms. The number of nitrogen functional groups attached to an aromatic ring is 1. The van der Waals surface area contributed by atoms with E-state index in [-0.39, 0.29) is 0 Å². The molecular formula is C13H22N4O. The lowest BCUT2D eigenvalue weighted by molar-refractivity contribution is 0.305. The van der Waals surface area contributed by atoms with E-state index in [1.165, 1.54) is 12.8 Å². The predicted octanol–water partition coefficient (Wildman–Crippen LogP) is 2.37. The van der Waals surface area contributed by atoms with Crippen LogP contribution in [0.3, 0.4) is 0 Å². The maximum absolute atomic E-state index is 6.05. The smallest absolute Gasteiger partial charge is 0.242 e. The van der Waals surface area contributed by atoms with Gasteiger partial charge in [-0.15, -0.1) is 0 Å². The highest BCUT2D eigenvalue weighted by atomic mass is 16.5. The van der Waals surface area contributed by atoms with Crippen LogP contribution >= 0.6 is 0 Å². The van der Waals surface area contributed by atoms with Crippen molar-refractivity contribution in [2.75, 3.05) is 17.7 Å². The van der Waals surface area contributed by atoms with Gasteiger partial charge in [0.1, 0.15) is 11.5 Å².